The maximum atomic E-state index is 10.5. The molecule has 7 aromatic carbocycles. The maximum absolute atomic E-state index is 10.5. The van der Waals surface area contributed by atoms with Crippen LogP contribution in [0.15, 0.2) is 158 Å². The molecule has 0 aliphatic carbocycles. The van der Waals surface area contributed by atoms with Crippen LogP contribution in [0.25, 0.3) is 77.2 Å². The molecule has 4 nitrogen and oxygen atoms in total. The quantitative estimate of drug-likeness (QED) is 0.199. The number of benzene rings is 7. The third kappa shape index (κ3) is 4.14. The number of para-hydroxylation sites is 5. The molecule has 222 valence electrons. The van der Waals surface area contributed by atoms with Crippen molar-refractivity contribution < 1.29 is 0 Å². The second-order valence-electron chi connectivity index (χ2n) is 12.0. The van der Waals surface area contributed by atoms with Gasteiger partial charge < -0.3 is 9.13 Å². The van der Waals surface area contributed by atoms with Gasteiger partial charge in [0, 0.05) is 38.4 Å². The van der Waals surface area contributed by atoms with Crippen LogP contribution in [0.3, 0.4) is 0 Å². The second-order valence-corrected chi connectivity index (χ2v) is 12.0. The van der Waals surface area contributed by atoms with Crippen molar-refractivity contribution in [1.29, 1.82) is 10.5 Å². The fraction of sp³-hybridized carbons (Fsp3) is 0. The van der Waals surface area contributed by atoms with Crippen LogP contribution in [-0.4, -0.2) is 9.13 Å². The zero-order chi connectivity index (χ0) is 32.2. The highest BCUT2D eigenvalue weighted by atomic mass is 15.0. The lowest BCUT2D eigenvalue weighted by Gasteiger charge is -2.16. The molecule has 4 heteroatoms. The summed E-state index contributed by atoms with van der Waals surface area (Å²) in [5, 5.41) is 25.4. The molecule has 2 aromatic heterocycles. The topological polar surface area (TPSA) is 57.4 Å². The second kappa shape index (κ2) is 10.9. The van der Waals surface area contributed by atoms with Gasteiger partial charge in [-0.05, 0) is 65.7 Å². The monoisotopic (exact) mass is 610 g/mol. The Balaban J connectivity index is 1.22. The van der Waals surface area contributed by atoms with Crippen LogP contribution >= 0.6 is 0 Å². The average Bonchev–Trinajstić information content (AvgIpc) is 3.67. The molecule has 0 amide bonds. The first-order valence-electron chi connectivity index (χ1n) is 15.9. The lowest BCUT2D eigenvalue weighted by atomic mass is 9.93. The zero-order valence-electron chi connectivity index (χ0n) is 25.8. The normalized spacial score (nSPS) is 11.3. The van der Waals surface area contributed by atoms with Gasteiger partial charge in [-0.25, -0.2) is 0 Å². The van der Waals surface area contributed by atoms with Crippen LogP contribution in [0.2, 0.25) is 0 Å². The standard InChI is InChI=1S/C44H26N4/c45-27-29-23-31(26-33(24-29)47-40-16-6-2-12-36(40)37-13-3-7-17-41(37)47)30-21-22-34(32(25-30)28-46)35-11-1-8-18-42(35)48-43-19-9-4-14-38(43)39-15-5-10-20-44(39)48/h1-26H. The molecule has 0 radical (unpaired) electrons. The van der Waals surface area contributed by atoms with Crippen LogP contribution in [0.5, 0.6) is 0 Å². The van der Waals surface area contributed by atoms with Crippen molar-refractivity contribution in [3.63, 3.8) is 0 Å². The highest BCUT2D eigenvalue weighted by molar-refractivity contribution is 6.10. The molecular formula is C44H26N4. The Morgan fingerprint density at radius 2 is 0.917 bits per heavy atom. The maximum Gasteiger partial charge on any atom is 0.0998 e. The third-order valence-electron chi connectivity index (χ3n) is 9.37. The molecule has 0 aliphatic heterocycles. The number of hydrogen-bond donors (Lipinski definition) is 0. The number of nitriles is 2. The van der Waals surface area contributed by atoms with E-state index in [9.17, 15) is 10.5 Å². The van der Waals surface area contributed by atoms with Gasteiger partial charge in [-0.15, -0.1) is 0 Å². The number of rotatable bonds is 4. The van der Waals surface area contributed by atoms with Crippen molar-refractivity contribution in [2.75, 3.05) is 0 Å². The number of fused-ring (bicyclic) bond motifs is 6. The zero-order valence-corrected chi connectivity index (χ0v) is 25.8. The lowest BCUT2D eigenvalue weighted by molar-refractivity contribution is 1.18. The molecule has 0 fully saturated rings. The molecule has 0 N–H and O–H groups in total. The predicted molar refractivity (Wildman–Crippen MR) is 195 cm³/mol. The van der Waals surface area contributed by atoms with E-state index in [1.54, 1.807) is 0 Å². The Morgan fingerprint density at radius 1 is 0.396 bits per heavy atom. The Kier molecular flexibility index (Phi) is 6.22. The molecule has 0 bridgehead atoms. The lowest BCUT2D eigenvalue weighted by Crippen LogP contribution is -1.98. The highest BCUT2D eigenvalue weighted by Gasteiger charge is 2.18. The minimum absolute atomic E-state index is 0.559. The van der Waals surface area contributed by atoms with E-state index in [-0.39, 0.29) is 0 Å². The van der Waals surface area contributed by atoms with Crippen molar-refractivity contribution in [2.24, 2.45) is 0 Å². The summed E-state index contributed by atoms with van der Waals surface area (Å²) in [4.78, 5) is 0. The first-order valence-corrected chi connectivity index (χ1v) is 15.9. The van der Waals surface area contributed by atoms with Crippen LogP contribution in [0.1, 0.15) is 11.1 Å². The van der Waals surface area contributed by atoms with E-state index in [1.165, 1.54) is 10.8 Å². The minimum atomic E-state index is 0.559. The number of hydrogen-bond acceptors (Lipinski definition) is 2. The predicted octanol–water partition coefficient (Wildman–Crippen LogP) is 11.0. The van der Waals surface area contributed by atoms with E-state index in [0.717, 1.165) is 66.5 Å². The van der Waals surface area contributed by atoms with Gasteiger partial charge >= 0.3 is 0 Å². The summed E-state index contributed by atoms with van der Waals surface area (Å²) in [7, 11) is 0. The molecule has 9 aromatic rings. The highest BCUT2D eigenvalue weighted by Crippen LogP contribution is 2.39. The van der Waals surface area contributed by atoms with E-state index in [2.05, 4.69) is 130 Å². The van der Waals surface area contributed by atoms with E-state index in [0.29, 0.717) is 11.1 Å². The summed E-state index contributed by atoms with van der Waals surface area (Å²) in [5.41, 5.74) is 11.0. The molecule has 2 heterocycles. The fourth-order valence-corrected chi connectivity index (χ4v) is 7.30. The Bertz CT molecular complexity index is 2710. The van der Waals surface area contributed by atoms with Gasteiger partial charge in [0.2, 0.25) is 0 Å². The summed E-state index contributed by atoms with van der Waals surface area (Å²) in [6, 6.07) is 58.8. The van der Waals surface area contributed by atoms with Gasteiger partial charge in [0.05, 0.1) is 51.0 Å². The Morgan fingerprint density at radius 3 is 1.48 bits per heavy atom. The Labute approximate surface area is 277 Å². The molecule has 0 unspecified atom stereocenters. The first kappa shape index (κ1) is 27.4. The molecule has 0 atom stereocenters. The van der Waals surface area contributed by atoms with Crippen molar-refractivity contribution in [3.8, 4) is 45.8 Å². The molecule has 0 saturated carbocycles. The van der Waals surface area contributed by atoms with E-state index >= 15 is 0 Å². The van der Waals surface area contributed by atoms with Crippen LogP contribution in [-0.2, 0) is 0 Å². The summed E-state index contributed by atoms with van der Waals surface area (Å²) >= 11 is 0. The number of nitrogens with zero attached hydrogens (tertiary/aromatic N) is 4. The summed E-state index contributed by atoms with van der Waals surface area (Å²) in [5.74, 6) is 0. The number of aromatic nitrogens is 2. The summed E-state index contributed by atoms with van der Waals surface area (Å²) < 4.78 is 4.51. The van der Waals surface area contributed by atoms with Gasteiger partial charge in [-0.2, -0.15) is 10.5 Å². The average molecular weight is 611 g/mol. The first-order chi connectivity index (χ1) is 23.7. The van der Waals surface area contributed by atoms with Crippen molar-refractivity contribution >= 4 is 43.6 Å². The van der Waals surface area contributed by atoms with Crippen molar-refractivity contribution in [3.05, 3.63) is 169 Å². The molecule has 48 heavy (non-hydrogen) atoms. The summed E-state index contributed by atoms with van der Waals surface area (Å²) in [6.07, 6.45) is 0. The van der Waals surface area contributed by atoms with E-state index < -0.39 is 0 Å². The van der Waals surface area contributed by atoms with Gasteiger partial charge in [0.15, 0.2) is 0 Å². The van der Waals surface area contributed by atoms with E-state index in [1.807, 2.05) is 48.5 Å². The smallest absolute Gasteiger partial charge is 0.0998 e. The molecule has 0 aliphatic rings. The summed E-state index contributed by atoms with van der Waals surface area (Å²) in [6.45, 7) is 0. The molecule has 9 rings (SSSR count). The minimum Gasteiger partial charge on any atom is -0.309 e. The van der Waals surface area contributed by atoms with Gasteiger partial charge in [-0.1, -0.05) is 103 Å². The fourth-order valence-electron chi connectivity index (χ4n) is 7.30. The van der Waals surface area contributed by atoms with Crippen LogP contribution in [0, 0.1) is 22.7 Å². The SMILES string of the molecule is N#Cc1cc(-c2ccc(-c3ccccc3-n3c4ccccc4c4ccccc43)c(C#N)c2)cc(-n2c3ccccc3c3ccccc32)c1. The molecular weight excluding hydrogens is 585 g/mol. The van der Waals surface area contributed by atoms with E-state index in [4.69, 9.17) is 0 Å². The third-order valence-corrected chi connectivity index (χ3v) is 9.37. The van der Waals surface area contributed by atoms with Gasteiger partial charge in [0.1, 0.15) is 0 Å². The van der Waals surface area contributed by atoms with Gasteiger partial charge in [-0.3, -0.25) is 0 Å². The largest absolute Gasteiger partial charge is 0.309 e. The Hall–Kier alpha value is -6.88. The molecule has 0 saturated heterocycles. The van der Waals surface area contributed by atoms with Crippen LogP contribution in [0.4, 0.5) is 0 Å². The van der Waals surface area contributed by atoms with Gasteiger partial charge in [0.25, 0.3) is 0 Å². The van der Waals surface area contributed by atoms with Crippen molar-refractivity contribution in [2.45, 2.75) is 0 Å². The molecule has 0 spiro atoms. The van der Waals surface area contributed by atoms with Crippen molar-refractivity contribution in [1.82, 2.24) is 9.13 Å². The van der Waals surface area contributed by atoms with Crippen LogP contribution < -0.4 is 0 Å².